The zero-order valence-electron chi connectivity index (χ0n) is 19.9. The van der Waals surface area contributed by atoms with Crippen molar-refractivity contribution in [3.63, 3.8) is 0 Å². The minimum atomic E-state index is -0.534. The highest BCUT2D eigenvalue weighted by Crippen LogP contribution is 2.44. The number of methoxy groups -OCH3 is 1. The molecule has 5 rings (SSSR count). The summed E-state index contributed by atoms with van der Waals surface area (Å²) < 4.78 is 16.8. The summed E-state index contributed by atoms with van der Waals surface area (Å²) in [7, 11) is 1.61. The fourth-order valence-electron chi connectivity index (χ4n) is 4.62. The van der Waals surface area contributed by atoms with Gasteiger partial charge in [-0.3, -0.25) is 5.32 Å². The third-order valence-electron chi connectivity index (χ3n) is 6.39. The number of rotatable bonds is 8. The summed E-state index contributed by atoms with van der Waals surface area (Å²) in [4.78, 5) is 12.4. The molecule has 0 spiro atoms. The molecular weight excluding hydrogens is 454 g/mol. The van der Waals surface area contributed by atoms with Crippen molar-refractivity contribution in [3.05, 3.63) is 113 Å². The van der Waals surface area contributed by atoms with E-state index in [1.807, 2.05) is 48.5 Å². The molecule has 0 heterocycles. The van der Waals surface area contributed by atoms with E-state index < -0.39 is 6.09 Å². The first kappa shape index (κ1) is 23.3. The van der Waals surface area contributed by atoms with Gasteiger partial charge in [-0.05, 0) is 51.6 Å². The first-order chi connectivity index (χ1) is 17.6. The predicted octanol–water partition coefficient (Wildman–Crippen LogP) is 5.87. The van der Waals surface area contributed by atoms with E-state index in [4.69, 9.17) is 14.2 Å². The average Bonchev–Trinajstić information content (AvgIpc) is 3.23. The molecule has 1 aliphatic carbocycles. The van der Waals surface area contributed by atoms with Crippen LogP contribution in [0.25, 0.3) is 11.1 Å². The Kier molecular flexibility index (Phi) is 6.76. The van der Waals surface area contributed by atoms with Gasteiger partial charge in [0.05, 0.1) is 7.11 Å². The molecule has 0 aliphatic heterocycles. The number of phenolic OH excluding ortho intramolecular Hbond substituents is 1. The summed E-state index contributed by atoms with van der Waals surface area (Å²) in [6.07, 6.45) is 0.120. The van der Waals surface area contributed by atoms with Gasteiger partial charge in [-0.1, -0.05) is 66.7 Å². The first-order valence-corrected chi connectivity index (χ1v) is 11.8. The quantitative estimate of drug-likeness (QED) is 0.308. The van der Waals surface area contributed by atoms with Gasteiger partial charge in [-0.25, -0.2) is 4.79 Å². The Morgan fingerprint density at radius 1 is 0.889 bits per heavy atom. The van der Waals surface area contributed by atoms with Gasteiger partial charge in [-0.2, -0.15) is 0 Å². The van der Waals surface area contributed by atoms with Crippen molar-refractivity contribution in [2.75, 3.05) is 20.4 Å². The number of hydrogen-bond donors (Lipinski definition) is 2. The fraction of sp³-hybridized carbons (Fsp3) is 0.167. The largest absolute Gasteiger partial charge is 0.508 e. The normalized spacial score (nSPS) is 11.9. The molecule has 0 bridgehead atoms. The Hall–Kier alpha value is -4.45. The van der Waals surface area contributed by atoms with Crippen LogP contribution in [0.5, 0.6) is 17.2 Å². The van der Waals surface area contributed by atoms with Gasteiger partial charge in [0.1, 0.15) is 23.9 Å². The number of alkyl carbamates (subject to hydrolysis) is 1. The van der Waals surface area contributed by atoms with Crippen molar-refractivity contribution in [2.24, 2.45) is 0 Å². The Labute approximate surface area is 210 Å². The number of benzene rings is 4. The second-order valence-electron chi connectivity index (χ2n) is 8.61. The third kappa shape index (κ3) is 4.98. The van der Waals surface area contributed by atoms with Crippen molar-refractivity contribution < 1.29 is 24.1 Å². The maximum Gasteiger partial charge on any atom is 0.409 e. The molecule has 0 saturated carbocycles. The second-order valence-corrected chi connectivity index (χ2v) is 8.61. The van der Waals surface area contributed by atoms with Crippen LogP contribution in [0.4, 0.5) is 4.79 Å². The number of carbonyl (C=O) groups excluding carboxylic acids is 1. The monoisotopic (exact) mass is 481 g/mol. The Bertz CT molecular complexity index is 1320. The maximum absolute atomic E-state index is 12.4. The van der Waals surface area contributed by atoms with Gasteiger partial charge in [0, 0.05) is 18.4 Å². The highest BCUT2D eigenvalue weighted by Gasteiger charge is 2.28. The van der Waals surface area contributed by atoms with E-state index in [1.165, 1.54) is 22.3 Å². The molecule has 6 nitrogen and oxygen atoms in total. The SMILES string of the molecule is COc1cc(OCNC(=O)OCC2c3ccccc3-c3ccccc32)ccc1Cc1ccc(O)cc1. The molecular formula is C30H27NO5. The van der Waals surface area contributed by atoms with Gasteiger partial charge in [0.2, 0.25) is 0 Å². The van der Waals surface area contributed by atoms with E-state index in [-0.39, 0.29) is 25.0 Å². The number of aromatic hydroxyl groups is 1. The molecule has 36 heavy (non-hydrogen) atoms. The van der Waals surface area contributed by atoms with Crippen LogP contribution in [-0.2, 0) is 11.2 Å². The summed E-state index contributed by atoms with van der Waals surface area (Å²) in [5.74, 6) is 1.50. The zero-order chi connectivity index (χ0) is 24.9. The van der Waals surface area contributed by atoms with Crippen molar-refractivity contribution in [2.45, 2.75) is 12.3 Å². The zero-order valence-corrected chi connectivity index (χ0v) is 19.9. The van der Waals surface area contributed by atoms with Crippen LogP contribution >= 0.6 is 0 Å². The molecule has 1 amide bonds. The highest BCUT2D eigenvalue weighted by atomic mass is 16.6. The topological polar surface area (TPSA) is 77.0 Å². The third-order valence-corrected chi connectivity index (χ3v) is 6.39. The van der Waals surface area contributed by atoms with E-state index in [1.54, 1.807) is 25.3 Å². The molecule has 182 valence electrons. The predicted molar refractivity (Wildman–Crippen MR) is 138 cm³/mol. The number of amides is 1. The number of fused-ring (bicyclic) bond motifs is 3. The van der Waals surface area contributed by atoms with Gasteiger partial charge < -0.3 is 19.3 Å². The van der Waals surface area contributed by atoms with Gasteiger partial charge >= 0.3 is 6.09 Å². The lowest BCUT2D eigenvalue weighted by Crippen LogP contribution is -2.29. The lowest BCUT2D eigenvalue weighted by Gasteiger charge is -2.15. The summed E-state index contributed by atoms with van der Waals surface area (Å²) >= 11 is 0. The number of phenols is 1. The standard InChI is InChI=1S/C30H27NO5/c1-34-29-17-23(15-12-21(29)16-20-10-13-22(32)14-11-20)36-19-31-30(33)35-18-28-26-8-4-2-6-24(26)25-7-3-5-9-27(25)28/h2-15,17,28,32H,16,18-19H2,1H3,(H,31,33). The number of hydrogen-bond acceptors (Lipinski definition) is 5. The molecule has 1 aliphatic rings. The summed E-state index contributed by atoms with van der Waals surface area (Å²) in [5.41, 5.74) is 6.75. The van der Waals surface area contributed by atoms with E-state index in [2.05, 4.69) is 29.6 Å². The van der Waals surface area contributed by atoms with Gasteiger partial charge in [-0.15, -0.1) is 0 Å². The molecule has 0 radical (unpaired) electrons. The van der Waals surface area contributed by atoms with E-state index in [0.717, 1.165) is 11.1 Å². The molecule has 4 aromatic carbocycles. The molecule has 4 aromatic rings. The molecule has 0 fully saturated rings. The number of carbonyl (C=O) groups is 1. The van der Waals surface area contributed by atoms with Crippen LogP contribution in [0.15, 0.2) is 91.0 Å². The van der Waals surface area contributed by atoms with Crippen LogP contribution in [-0.4, -0.2) is 31.6 Å². The van der Waals surface area contributed by atoms with Crippen LogP contribution in [0.2, 0.25) is 0 Å². The minimum Gasteiger partial charge on any atom is -0.508 e. The molecule has 2 N–H and O–H groups in total. The van der Waals surface area contributed by atoms with Crippen molar-refractivity contribution in [3.8, 4) is 28.4 Å². The number of nitrogens with one attached hydrogen (secondary N) is 1. The van der Waals surface area contributed by atoms with Crippen LogP contribution < -0.4 is 14.8 Å². The lowest BCUT2D eigenvalue weighted by molar-refractivity contribution is 0.133. The van der Waals surface area contributed by atoms with Crippen molar-refractivity contribution in [1.29, 1.82) is 0 Å². The van der Waals surface area contributed by atoms with Gasteiger partial charge in [0.15, 0.2) is 6.73 Å². The molecule has 0 saturated heterocycles. The molecule has 0 unspecified atom stereocenters. The summed E-state index contributed by atoms with van der Waals surface area (Å²) in [5, 5.41) is 12.1. The lowest BCUT2D eigenvalue weighted by atomic mass is 9.98. The van der Waals surface area contributed by atoms with E-state index >= 15 is 0 Å². The number of ether oxygens (including phenoxy) is 3. The Balaban J connectivity index is 1.14. The van der Waals surface area contributed by atoms with E-state index in [0.29, 0.717) is 17.9 Å². The highest BCUT2D eigenvalue weighted by molar-refractivity contribution is 5.79. The average molecular weight is 482 g/mol. The van der Waals surface area contributed by atoms with Crippen molar-refractivity contribution in [1.82, 2.24) is 5.32 Å². The Morgan fingerprint density at radius 3 is 2.22 bits per heavy atom. The van der Waals surface area contributed by atoms with E-state index in [9.17, 15) is 9.90 Å². The molecule has 6 heteroatoms. The van der Waals surface area contributed by atoms with Crippen molar-refractivity contribution >= 4 is 6.09 Å². The first-order valence-electron chi connectivity index (χ1n) is 11.8. The molecule has 0 aromatic heterocycles. The minimum absolute atomic E-state index is 0.00875. The molecule has 0 atom stereocenters. The second kappa shape index (κ2) is 10.4. The summed E-state index contributed by atoms with van der Waals surface area (Å²) in [6, 6.07) is 29.1. The van der Waals surface area contributed by atoms with Gasteiger partial charge in [0.25, 0.3) is 0 Å². The fourth-order valence-corrected chi connectivity index (χ4v) is 4.62. The maximum atomic E-state index is 12.4. The smallest absolute Gasteiger partial charge is 0.409 e. The van der Waals surface area contributed by atoms with Crippen LogP contribution in [0.3, 0.4) is 0 Å². The summed E-state index contributed by atoms with van der Waals surface area (Å²) in [6.45, 7) is 0.219. The Morgan fingerprint density at radius 2 is 1.56 bits per heavy atom. The van der Waals surface area contributed by atoms with Crippen LogP contribution in [0.1, 0.15) is 28.2 Å². The van der Waals surface area contributed by atoms with Crippen LogP contribution in [0, 0.1) is 0 Å².